The number of imide groups is 1. The minimum absolute atomic E-state index is 0.195. The van der Waals surface area contributed by atoms with Gasteiger partial charge in [-0.05, 0) is 62.1 Å². The molecular formula is C25H31N3O3. The second-order valence-corrected chi connectivity index (χ2v) is 7.48. The van der Waals surface area contributed by atoms with E-state index in [1.165, 1.54) is 4.90 Å². The molecule has 0 N–H and O–H groups in total. The number of unbranched alkanes of at least 4 members (excludes halogenated alkanes) is 1. The maximum absolute atomic E-state index is 13.4. The Hall–Kier alpha value is -3.15. The maximum atomic E-state index is 13.4. The van der Waals surface area contributed by atoms with Gasteiger partial charge in [-0.3, -0.25) is 19.5 Å². The number of likely N-dealkylation sites (N-methyl/N-ethyl adjacent to an activating group) is 1. The predicted molar refractivity (Wildman–Crippen MR) is 121 cm³/mol. The molecule has 3 rings (SSSR count). The second kappa shape index (κ2) is 10.8. The number of aromatic nitrogens is 1. The summed E-state index contributed by atoms with van der Waals surface area (Å²) in [6.45, 7) is 8.32. The van der Waals surface area contributed by atoms with E-state index in [4.69, 9.17) is 4.74 Å². The van der Waals surface area contributed by atoms with Crippen LogP contribution in [-0.4, -0.2) is 52.8 Å². The summed E-state index contributed by atoms with van der Waals surface area (Å²) < 4.78 is 5.53. The number of carbonyl (C=O) groups excluding carboxylic acids is 2. The largest absolute Gasteiger partial charge is 0.494 e. The number of carbonyl (C=O) groups is 2. The summed E-state index contributed by atoms with van der Waals surface area (Å²) in [7, 11) is 0. The molecule has 31 heavy (non-hydrogen) atoms. The van der Waals surface area contributed by atoms with E-state index in [9.17, 15) is 9.59 Å². The molecule has 164 valence electrons. The van der Waals surface area contributed by atoms with Crippen LogP contribution in [0.5, 0.6) is 5.75 Å². The van der Waals surface area contributed by atoms with Crippen molar-refractivity contribution in [2.75, 3.05) is 26.2 Å². The quantitative estimate of drug-likeness (QED) is 0.515. The van der Waals surface area contributed by atoms with E-state index in [2.05, 4.69) is 11.9 Å². The summed E-state index contributed by atoms with van der Waals surface area (Å²) in [5.74, 6) is 0.344. The Labute approximate surface area is 184 Å². The highest BCUT2D eigenvalue weighted by Crippen LogP contribution is 2.32. The van der Waals surface area contributed by atoms with Crippen LogP contribution in [0.3, 0.4) is 0 Å². The Morgan fingerprint density at radius 2 is 1.68 bits per heavy atom. The third-order valence-corrected chi connectivity index (χ3v) is 5.45. The highest BCUT2D eigenvalue weighted by Gasteiger charge is 2.40. The molecule has 0 saturated heterocycles. The molecular weight excluding hydrogens is 390 g/mol. The summed E-state index contributed by atoms with van der Waals surface area (Å²) in [5, 5.41) is 0. The zero-order valence-corrected chi connectivity index (χ0v) is 18.6. The van der Waals surface area contributed by atoms with Crippen molar-refractivity contribution in [2.45, 2.75) is 40.0 Å². The second-order valence-electron chi connectivity index (χ2n) is 7.48. The standard InChI is InChI=1S/C25H31N3O3/c1-4-7-17-28-24(29)22(20-8-10-21(11-9-20)31-6-3)23(25(28)30)27(5-2)18-14-19-12-15-26-16-13-19/h8-13,15-16H,4-7,14,17-18H2,1-3H3. The summed E-state index contributed by atoms with van der Waals surface area (Å²) in [4.78, 5) is 34.2. The Morgan fingerprint density at radius 1 is 0.968 bits per heavy atom. The number of ether oxygens (including phenoxy) is 1. The molecule has 1 aliphatic rings. The van der Waals surface area contributed by atoms with Gasteiger partial charge in [0.05, 0.1) is 12.2 Å². The fourth-order valence-electron chi connectivity index (χ4n) is 3.76. The van der Waals surface area contributed by atoms with Crippen molar-refractivity contribution in [3.8, 4) is 5.75 Å². The molecule has 0 spiro atoms. The van der Waals surface area contributed by atoms with Crippen molar-refractivity contribution in [3.63, 3.8) is 0 Å². The minimum atomic E-state index is -0.208. The van der Waals surface area contributed by atoms with E-state index in [0.717, 1.165) is 36.1 Å². The van der Waals surface area contributed by atoms with Crippen LogP contribution < -0.4 is 4.74 Å². The summed E-state index contributed by atoms with van der Waals surface area (Å²) >= 11 is 0. The van der Waals surface area contributed by atoms with Gasteiger partial charge in [0.2, 0.25) is 0 Å². The van der Waals surface area contributed by atoms with Crippen LogP contribution in [-0.2, 0) is 16.0 Å². The van der Waals surface area contributed by atoms with Gasteiger partial charge in [0.1, 0.15) is 11.4 Å². The van der Waals surface area contributed by atoms with Crippen LogP contribution in [0.4, 0.5) is 0 Å². The van der Waals surface area contributed by atoms with E-state index < -0.39 is 0 Å². The zero-order chi connectivity index (χ0) is 22.2. The number of hydrogen-bond acceptors (Lipinski definition) is 5. The van der Waals surface area contributed by atoms with Gasteiger partial charge < -0.3 is 9.64 Å². The average molecular weight is 422 g/mol. The molecule has 0 radical (unpaired) electrons. The Morgan fingerprint density at radius 3 is 2.29 bits per heavy atom. The van der Waals surface area contributed by atoms with Gasteiger partial charge in [-0.15, -0.1) is 0 Å². The van der Waals surface area contributed by atoms with Crippen LogP contribution in [0.2, 0.25) is 0 Å². The third-order valence-electron chi connectivity index (χ3n) is 5.45. The van der Waals surface area contributed by atoms with Gasteiger partial charge in [-0.1, -0.05) is 25.5 Å². The van der Waals surface area contributed by atoms with Crippen LogP contribution in [0.15, 0.2) is 54.5 Å². The Kier molecular flexibility index (Phi) is 7.82. The van der Waals surface area contributed by atoms with Gasteiger partial charge in [0, 0.05) is 32.0 Å². The lowest BCUT2D eigenvalue weighted by atomic mass is 10.0. The van der Waals surface area contributed by atoms with Gasteiger partial charge in [-0.25, -0.2) is 0 Å². The number of pyridine rings is 1. The van der Waals surface area contributed by atoms with Crippen LogP contribution in [0.1, 0.15) is 44.7 Å². The lowest BCUT2D eigenvalue weighted by Gasteiger charge is -2.25. The fourth-order valence-corrected chi connectivity index (χ4v) is 3.76. The van der Waals surface area contributed by atoms with Crippen LogP contribution >= 0.6 is 0 Å². The van der Waals surface area contributed by atoms with Crippen molar-refractivity contribution in [2.24, 2.45) is 0 Å². The van der Waals surface area contributed by atoms with Crippen molar-refractivity contribution in [1.82, 2.24) is 14.8 Å². The van der Waals surface area contributed by atoms with Crippen molar-refractivity contribution >= 4 is 17.4 Å². The topological polar surface area (TPSA) is 62.7 Å². The van der Waals surface area contributed by atoms with Crippen LogP contribution in [0.25, 0.3) is 5.57 Å². The fraction of sp³-hybridized carbons (Fsp3) is 0.400. The van der Waals surface area contributed by atoms with Crippen molar-refractivity contribution < 1.29 is 14.3 Å². The molecule has 0 aliphatic carbocycles. The molecule has 0 atom stereocenters. The first-order chi connectivity index (χ1) is 15.1. The number of nitrogens with zero attached hydrogens (tertiary/aromatic N) is 3. The van der Waals surface area contributed by atoms with Crippen LogP contribution in [0, 0.1) is 0 Å². The molecule has 1 aliphatic heterocycles. The average Bonchev–Trinajstić information content (AvgIpc) is 3.04. The molecule has 0 bridgehead atoms. The van der Waals surface area contributed by atoms with E-state index >= 15 is 0 Å². The molecule has 0 saturated carbocycles. The van der Waals surface area contributed by atoms with E-state index in [1.807, 2.05) is 55.1 Å². The molecule has 6 heteroatoms. The number of hydrogen-bond donors (Lipinski definition) is 0. The molecule has 2 heterocycles. The number of rotatable bonds is 11. The molecule has 0 fully saturated rings. The van der Waals surface area contributed by atoms with Crippen molar-refractivity contribution in [1.29, 1.82) is 0 Å². The van der Waals surface area contributed by atoms with Gasteiger partial charge >= 0.3 is 0 Å². The zero-order valence-electron chi connectivity index (χ0n) is 18.6. The number of benzene rings is 1. The van der Waals surface area contributed by atoms with Gasteiger partial charge in [0.25, 0.3) is 11.8 Å². The molecule has 1 aromatic heterocycles. The first kappa shape index (κ1) is 22.5. The molecule has 2 aromatic rings. The normalized spacial score (nSPS) is 13.8. The lowest BCUT2D eigenvalue weighted by Crippen LogP contribution is -2.36. The Bertz CT molecular complexity index is 923. The molecule has 6 nitrogen and oxygen atoms in total. The smallest absolute Gasteiger partial charge is 0.277 e. The third kappa shape index (κ3) is 5.13. The molecule has 1 aromatic carbocycles. The first-order valence-electron chi connectivity index (χ1n) is 11.1. The van der Waals surface area contributed by atoms with Crippen molar-refractivity contribution in [3.05, 3.63) is 65.6 Å². The maximum Gasteiger partial charge on any atom is 0.277 e. The monoisotopic (exact) mass is 421 g/mol. The molecule has 2 amide bonds. The SMILES string of the molecule is CCCCN1C(=O)C(c2ccc(OCC)cc2)=C(N(CC)CCc2ccncc2)C1=O. The predicted octanol–water partition coefficient (Wildman–Crippen LogP) is 3.92. The van der Waals surface area contributed by atoms with E-state index in [-0.39, 0.29) is 11.8 Å². The summed E-state index contributed by atoms with van der Waals surface area (Å²) in [6.07, 6.45) is 6.03. The number of amides is 2. The highest BCUT2D eigenvalue weighted by atomic mass is 16.5. The molecule has 0 unspecified atom stereocenters. The summed E-state index contributed by atoms with van der Waals surface area (Å²) in [6, 6.07) is 11.4. The van der Waals surface area contributed by atoms with Gasteiger partial charge in [0.15, 0.2) is 0 Å². The van der Waals surface area contributed by atoms with E-state index in [0.29, 0.717) is 37.5 Å². The van der Waals surface area contributed by atoms with Gasteiger partial charge in [-0.2, -0.15) is 0 Å². The van der Waals surface area contributed by atoms with E-state index in [1.54, 1.807) is 12.4 Å². The Balaban J connectivity index is 1.95. The lowest BCUT2D eigenvalue weighted by molar-refractivity contribution is -0.137. The highest BCUT2D eigenvalue weighted by molar-refractivity contribution is 6.35. The summed E-state index contributed by atoms with van der Waals surface area (Å²) in [5.41, 5.74) is 2.89. The first-order valence-corrected chi connectivity index (χ1v) is 11.1. The minimum Gasteiger partial charge on any atom is -0.494 e.